The Hall–Kier alpha value is -2.42. The van der Waals surface area contributed by atoms with E-state index in [1.807, 2.05) is 0 Å². The molecule has 1 aromatic heterocycles. The van der Waals surface area contributed by atoms with Crippen molar-refractivity contribution >= 4 is 5.69 Å². The van der Waals surface area contributed by atoms with Gasteiger partial charge in [0.05, 0.1) is 4.92 Å². The van der Waals surface area contributed by atoms with E-state index in [1.54, 1.807) is 0 Å². The van der Waals surface area contributed by atoms with Gasteiger partial charge < -0.3 is 9.63 Å². The molecule has 0 fully saturated rings. The van der Waals surface area contributed by atoms with Crippen molar-refractivity contribution in [3.05, 3.63) is 39.7 Å². The zero-order valence-electron chi connectivity index (χ0n) is 8.63. The highest BCUT2D eigenvalue weighted by molar-refractivity contribution is 5.60. The lowest BCUT2D eigenvalue weighted by Crippen LogP contribution is -1.98. The molecule has 0 aliphatic rings. The highest BCUT2D eigenvalue weighted by Crippen LogP contribution is 2.30. The highest BCUT2D eigenvalue weighted by Gasteiger charge is 2.26. The van der Waals surface area contributed by atoms with Gasteiger partial charge in [-0.3, -0.25) is 10.1 Å². The summed E-state index contributed by atoms with van der Waals surface area (Å²) < 4.78 is 31.7. The maximum Gasteiger partial charge on any atom is 0.305 e. The molecule has 18 heavy (non-hydrogen) atoms. The number of hydrogen-bond acceptors (Lipinski definition) is 6. The molecule has 1 aromatic carbocycles. The molecule has 1 N–H and O–H groups in total. The topological polar surface area (TPSA) is 102 Å². The molecule has 2 rings (SSSR count). The summed E-state index contributed by atoms with van der Waals surface area (Å²) in [6, 6.07) is 1.41. The number of aliphatic hydroxyl groups excluding tert-OH is 1. The molecule has 94 valence electrons. The van der Waals surface area contributed by atoms with E-state index in [1.165, 1.54) is 0 Å². The third-order valence-corrected chi connectivity index (χ3v) is 2.09. The van der Waals surface area contributed by atoms with E-state index in [0.29, 0.717) is 6.07 Å². The van der Waals surface area contributed by atoms with Crippen molar-refractivity contribution in [2.24, 2.45) is 0 Å². The van der Waals surface area contributed by atoms with E-state index >= 15 is 0 Å². The molecular weight excluding hydrogens is 252 g/mol. The summed E-state index contributed by atoms with van der Waals surface area (Å²) in [5, 5.41) is 22.4. The van der Waals surface area contributed by atoms with Gasteiger partial charge in [-0.05, 0) is 6.07 Å². The lowest BCUT2D eigenvalue weighted by Gasteiger charge is -2.00. The first-order valence-electron chi connectivity index (χ1n) is 4.60. The molecule has 0 aliphatic heterocycles. The van der Waals surface area contributed by atoms with Crippen molar-refractivity contribution < 1.29 is 23.3 Å². The number of nitro groups is 1. The first kappa shape index (κ1) is 12.0. The van der Waals surface area contributed by atoms with Crippen LogP contribution in [-0.4, -0.2) is 20.2 Å². The number of hydrogen-bond donors (Lipinski definition) is 1. The van der Waals surface area contributed by atoms with Crippen LogP contribution in [0.1, 0.15) is 5.82 Å². The Labute approximate surface area is 97.8 Å². The summed E-state index contributed by atoms with van der Waals surface area (Å²) in [5.74, 6) is -3.24. The summed E-state index contributed by atoms with van der Waals surface area (Å²) in [6.07, 6.45) is 0. The standard InChI is InChI=1S/C9H5F2N3O4/c10-4-1-2-5(14(16)17)8(11)7(4)9-12-6(3-15)13-18-9/h1-2,15H,3H2. The molecule has 1 heterocycles. The van der Waals surface area contributed by atoms with Gasteiger partial charge in [-0.25, -0.2) is 4.39 Å². The summed E-state index contributed by atoms with van der Waals surface area (Å²) in [7, 11) is 0. The average molecular weight is 257 g/mol. The number of halogens is 2. The molecule has 0 radical (unpaired) electrons. The van der Waals surface area contributed by atoms with Crippen molar-refractivity contribution in [1.82, 2.24) is 10.1 Å². The van der Waals surface area contributed by atoms with Gasteiger partial charge in [0.2, 0.25) is 5.82 Å². The molecule has 0 saturated carbocycles. The molecule has 0 spiro atoms. The smallest absolute Gasteiger partial charge is 0.305 e. The van der Waals surface area contributed by atoms with Crippen molar-refractivity contribution in [2.75, 3.05) is 0 Å². The number of rotatable bonds is 3. The van der Waals surface area contributed by atoms with E-state index in [9.17, 15) is 18.9 Å². The Morgan fingerprint density at radius 2 is 2.17 bits per heavy atom. The van der Waals surface area contributed by atoms with Crippen LogP contribution in [0.5, 0.6) is 0 Å². The van der Waals surface area contributed by atoms with Gasteiger partial charge in [0.1, 0.15) is 18.0 Å². The van der Waals surface area contributed by atoms with Crippen LogP contribution in [-0.2, 0) is 6.61 Å². The second kappa shape index (κ2) is 4.45. The fourth-order valence-corrected chi connectivity index (χ4v) is 1.30. The molecule has 0 amide bonds. The molecule has 0 unspecified atom stereocenters. The fraction of sp³-hybridized carbons (Fsp3) is 0.111. The zero-order valence-corrected chi connectivity index (χ0v) is 8.63. The van der Waals surface area contributed by atoms with Crippen LogP contribution in [0.25, 0.3) is 11.5 Å². The summed E-state index contributed by atoms with van der Waals surface area (Å²) in [6.45, 7) is -0.582. The number of nitro benzene ring substituents is 1. The van der Waals surface area contributed by atoms with E-state index in [4.69, 9.17) is 5.11 Å². The second-order valence-electron chi connectivity index (χ2n) is 3.19. The van der Waals surface area contributed by atoms with Gasteiger partial charge >= 0.3 is 5.69 Å². The van der Waals surface area contributed by atoms with E-state index < -0.39 is 40.3 Å². The lowest BCUT2D eigenvalue weighted by molar-refractivity contribution is -0.387. The maximum absolute atomic E-state index is 13.7. The summed E-state index contributed by atoms with van der Waals surface area (Å²) in [4.78, 5) is 13.0. The third kappa shape index (κ3) is 1.91. The van der Waals surface area contributed by atoms with Gasteiger partial charge in [0.25, 0.3) is 5.89 Å². The Balaban J connectivity index is 2.62. The van der Waals surface area contributed by atoms with Crippen LogP contribution >= 0.6 is 0 Å². The molecule has 7 nitrogen and oxygen atoms in total. The fourth-order valence-electron chi connectivity index (χ4n) is 1.30. The Morgan fingerprint density at radius 1 is 1.44 bits per heavy atom. The van der Waals surface area contributed by atoms with Gasteiger partial charge in [-0.2, -0.15) is 9.37 Å². The van der Waals surface area contributed by atoms with Crippen LogP contribution in [0.4, 0.5) is 14.5 Å². The predicted molar refractivity (Wildman–Crippen MR) is 52.2 cm³/mol. The Bertz CT molecular complexity index is 614. The zero-order chi connectivity index (χ0) is 13.3. The van der Waals surface area contributed by atoms with E-state index in [2.05, 4.69) is 14.7 Å². The van der Waals surface area contributed by atoms with Crippen LogP contribution in [0.3, 0.4) is 0 Å². The van der Waals surface area contributed by atoms with Crippen molar-refractivity contribution in [3.63, 3.8) is 0 Å². The second-order valence-corrected chi connectivity index (χ2v) is 3.19. The maximum atomic E-state index is 13.7. The van der Waals surface area contributed by atoms with Gasteiger partial charge in [0.15, 0.2) is 5.82 Å². The third-order valence-electron chi connectivity index (χ3n) is 2.09. The quantitative estimate of drug-likeness (QED) is 0.658. The van der Waals surface area contributed by atoms with Crippen molar-refractivity contribution in [1.29, 1.82) is 0 Å². The minimum absolute atomic E-state index is 0.185. The SMILES string of the molecule is O=[N+]([O-])c1ccc(F)c(-c2nc(CO)no2)c1F. The first-order chi connectivity index (χ1) is 8.54. The summed E-state index contributed by atoms with van der Waals surface area (Å²) in [5.41, 5.74) is -1.70. The van der Waals surface area contributed by atoms with Crippen LogP contribution < -0.4 is 0 Å². The number of nitrogens with zero attached hydrogens (tertiary/aromatic N) is 3. The van der Waals surface area contributed by atoms with Crippen molar-refractivity contribution in [3.8, 4) is 11.5 Å². The monoisotopic (exact) mass is 257 g/mol. The normalized spacial score (nSPS) is 10.6. The molecular formula is C9H5F2N3O4. The van der Waals surface area contributed by atoms with Crippen LogP contribution in [0.15, 0.2) is 16.7 Å². The van der Waals surface area contributed by atoms with E-state index in [-0.39, 0.29) is 5.82 Å². The predicted octanol–water partition coefficient (Wildman–Crippen LogP) is 1.42. The average Bonchev–Trinajstić information content (AvgIpc) is 2.77. The lowest BCUT2D eigenvalue weighted by atomic mass is 10.1. The van der Waals surface area contributed by atoms with Crippen LogP contribution in [0, 0.1) is 21.7 Å². The molecule has 0 bridgehead atoms. The first-order valence-corrected chi connectivity index (χ1v) is 4.60. The molecule has 9 heteroatoms. The molecule has 2 aromatic rings. The highest BCUT2D eigenvalue weighted by atomic mass is 19.1. The minimum Gasteiger partial charge on any atom is -0.388 e. The van der Waals surface area contributed by atoms with Gasteiger partial charge in [-0.15, -0.1) is 0 Å². The van der Waals surface area contributed by atoms with Crippen LogP contribution in [0.2, 0.25) is 0 Å². The molecule has 0 atom stereocenters. The summed E-state index contributed by atoms with van der Waals surface area (Å²) >= 11 is 0. The number of aromatic nitrogens is 2. The molecule has 0 saturated heterocycles. The minimum atomic E-state index is -1.41. The number of benzene rings is 1. The molecule has 0 aliphatic carbocycles. The van der Waals surface area contributed by atoms with Gasteiger partial charge in [-0.1, -0.05) is 5.16 Å². The number of aliphatic hydroxyl groups is 1. The largest absolute Gasteiger partial charge is 0.388 e. The van der Waals surface area contributed by atoms with Crippen molar-refractivity contribution in [2.45, 2.75) is 6.61 Å². The van der Waals surface area contributed by atoms with Gasteiger partial charge in [0, 0.05) is 6.07 Å². The Morgan fingerprint density at radius 3 is 2.72 bits per heavy atom. The van der Waals surface area contributed by atoms with E-state index in [0.717, 1.165) is 6.07 Å². The Kier molecular flexibility index (Phi) is 2.98.